The largest absolute Gasteiger partial charge is 0.416 e. The van der Waals surface area contributed by atoms with Crippen molar-refractivity contribution in [2.24, 2.45) is 10.7 Å². The number of halogens is 3. The van der Waals surface area contributed by atoms with Crippen LogP contribution in [0.1, 0.15) is 30.9 Å². The quantitative estimate of drug-likeness (QED) is 0.414. The highest BCUT2D eigenvalue weighted by Gasteiger charge is 2.30. The van der Waals surface area contributed by atoms with Crippen LogP contribution in [0, 0.1) is 11.3 Å². The van der Waals surface area contributed by atoms with Gasteiger partial charge in [-0.25, -0.2) is 0 Å². The lowest BCUT2D eigenvalue weighted by Crippen LogP contribution is -2.51. The molecule has 3 N–H and O–H groups in total. The van der Waals surface area contributed by atoms with Crippen molar-refractivity contribution in [3.63, 3.8) is 0 Å². The number of aliphatic imine (C=N–C) groups is 1. The molecule has 0 aliphatic carbocycles. The average Bonchev–Trinajstić information content (AvgIpc) is 2.94. The molecule has 2 aliphatic heterocycles. The number of piperazine rings is 1. The molecule has 206 valence electrons. The van der Waals surface area contributed by atoms with Gasteiger partial charge in [0.1, 0.15) is 6.07 Å². The Bertz CT molecular complexity index is 1270. The summed E-state index contributed by atoms with van der Waals surface area (Å²) in [5.74, 6) is -0.549. The molecule has 2 aliphatic rings. The van der Waals surface area contributed by atoms with Gasteiger partial charge in [-0.2, -0.15) is 18.4 Å². The number of nitrogens with zero attached hydrogens (tertiary/aromatic N) is 4. The van der Waals surface area contributed by atoms with Crippen molar-refractivity contribution in [2.75, 3.05) is 49.6 Å². The third-order valence-electron chi connectivity index (χ3n) is 7.03. The first-order valence-electron chi connectivity index (χ1n) is 12.8. The fourth-order valence-corrected chi connectivity index (χ4v) is 4.90. The lowest BCUT2D eigenvalue weighted by Gasteiger charge is -2.41. The number of nitrogens with two attached hydrogens (primary N) is 1. The first kappa shape index (κ1) is 28.1. The molecular weight excluding hydrogens is 509 g/mol. The molecule has 1 amide bonds. The van der Waals surface area contributed by atoms with E-state index < -0.39 is 17.6 Å². The van der Waals surface area contributed by atoms with Gasteiger partial charge in [-0.05, 0) is 62.2 Å². The lowest BCUT2D eigenvalue weighted by molar-refractivity contribution is -0.137. The van der Waals surface area contributed by atoms with Crippen LogP contribution in [-0.2, 0) is 15.7 Å². The van der Waals surface area contributed by atoms with E-state index >= 15 is 0 Å². The van der Waals surface area contributed by atoms with E-state index in [2.05, 4.69) is 26.2 Å². The predicted octanol–water partition coefficient (Wildman–Crippen LogP) is 4.45. The minimum atomic E-state index is -4.45. The Labute approximate surface area is 225 Å². The molecule has 0 spiro atoms. The first-order valence-corrected chi connectivity index (χ1v) is 12.8. The molecular formula is C28H31F3N6O2. The minimum absolute atomic E-state index is 0.0571. The summed E-state index contributed by atoms with van der Waals surface area (Å²) in [5.41, 5.74) is 7.12. The van der Waals surface area contributed by atoms with Crippen LogP contribution in [0.5, 0.6) is 0 Å². The van der Waals surface area contributed by atoms with Crippen LogP contribution in [0.25, 0.3) is 0 Å². The summed E-state index contributed by atoms with van der Waals surface area (Å²) in [4.78, 5) is 21.9. The van der Waals surface area contributed by atoms with Gasteiger partial charge in [0.2, 0.25) is 0 Å². The molecule has 39 heavy (non-hydrogen) atoms. The molecule has 0 aromatic heterocycles. The Morgan fingerprint density at radius 1 is 1.13 bits per heavy atom. The highest BCUT2D eigenvalue weighted by atomic mass is 19.4. The fourth-order valence-electron chi connectivity index (χ4n) is 4.90. The Morgan fingerprint density at radius 2 is 1.79 bits per heavy atom. The van der Waals surface area contributed by atoms with Crippen molar-refractivity contribution in [3.05, 3.63) is 65.4 Å². The van der Waals surface area contributed by atoms with Crippen LogP contribution in [0.3, 0.4) is 0 Å². The van der Waals surface area contributed by atoms with E-state index in [9.17, 15) is 23.2 Å². The lowest BCUT2D eigenvalue weighted by atomic mass is 10.1. The van der Waals surface area contributed by atoms with Gasteiger partial charge in [0.15, 0.2) is 0 Å². The highest BCUT2D eigenvalue weighted by molar-refractivity contribution is 6.25. The Hall–Kier alpha value is -3.88. The number of carbonyl (C=O) groups excluding carboxylic acids is 1. The second-order valence-electron chi connectivity index (χ2n) is 9.49. The van der Waals surface area contributed by atoms with E-state index in [0.717, 1.165) is 76.3 Å². The molecule has 0 atom stereocenters. The van der Waals surface area contributed by atoms with E-state index in [-0.39, 0.29) is 17.0 Å². The zero-order chi connectivity index (χ0) is 28.0. The van der Waals surface area contributed by atoms with Gasteiger partial charge in [-0.1, -0.05) is 0 Å². The molecule has 0 saturated carbocycles. The van der Waals surface area contributed by atoms with Crippen LogP contribution in [0.4, 0.5) is 30.2 Å². The highest BCUT2D eigenvalue weighted by Crippen LogP contribution is 2.31. The van der Waals surface area contributed by atoms with E-state index in [0.29, 0.717) is 17.3 Å². The molecule has 8 nitrogen and oxygen atoms in total. The molecule has 11 heteroatoms. The summed E-state index contributed by atoms with van der Waals surface area (Å²) in [7, 11) is 0. The maximum absolute atomic E-state index is 12.9. The number of nitrogens with one attached hydrogen (secondary N) is 1. The Kier molecular flexibility index (Phi) is 8.89. The predicted molar refractivity (Wildman–Crippen MR) is 144 cm³/mol. The molecule has 0 bridgehead atoms. The van der Waals surface area contributed by atoms with Gasteiger partial charge >= 0.3 is 6.18 Å². The van der Waals surface area contributed by atoms with Crippen molar-refractivity contribution >= 4 is 28.7 Å². The number of rotatable bonds is 6. The van der Waals surface area contributed by atoms with E-state index in [1.165, 1.54) is 12.1 Å². The maximum Gasteiger partial charge on any atom is 0.416 e. The molecule has 2 fully saturated rings. The van der Waals surface area contributed by atoms with Gasteiger partial charge < -0.3 is 20.7 Å². The zero-order valence-electron chi connectivity index (χ0n) is 21.7. The third kappa shape index (κ3) is 6.96. The SMILES string of the molecule is CC(=Nc1ccc(C(F)(F)F)cc1)C(=CN)C(=O)Nc1ccc(N2CCN(C3CCOCC3)CC2)c(C#N)c1. The number of nitriles is 1. The Balaban J connectivity index is 1.41. The molecule has 2 heterocycles. The standard InChI is InChI=1S/C28H31F3N6O2/c1-19(34-22-4-2-21(3-5-22)28(29,30)31)25(18-33)27(38)35-23-6-7-26(20(16-23)17-32)37-12-10-36(11-13-37)24-8-14-39-15-9-24/h2-7,16,18,24H,8-15,33H2,1H3,(H,35,38). The van der Waals surface area contributed by atoms with Crippen LogP contribution < -0.4 is 16.0 Å². The number of ether oxygens (including phenoxy) is 1. The normalized spacial score (nSPS) is 18.1. The summed E-state index contributed by atoms with van der Waals surface area (Å²) in [6.07, 6.45) is -1.26. The van der Waals surface area contributed by atoms with E-state index in [4.69, 9.17) is 10.5 Å². The number of alkyl halides is 3. The monoisotopic (exact) mass is 540 g/mol. The smallest absolute Gasteiger partial charge is 0.404 e. The topological polar surface area (TPSA) is 107 Å². The Morgan fingerprint density at radius 3 is 2.38 bits per heavy atom. The second kappa shape index (κ2) is 12.3. The zero-order valence-corrected chi connectivity index (χ0v) is 21.7. The molecule has 0 radical (unpaired) electrons. The molecule has 2 aromatic rings. The third-order valence-corrected chi connectivity index (χ3v) is 7.03. The molecule has 2 saturated heterocycles. The van der Waals surface area contributed by atoms with Gasteiger partial charge in [0.25, 0.3) is 5.91 Å². The second-order valence-corrected chi connectivity index (χ2v) is 9.49. The van der Waals surface area contributed by atoms with Crippen molar-refractivity contribution in [2.45, 2.75) is 32.0 Å². The van der Waals surface area contributed by atoms with Crippen molar-refractivity contribution in [1.82, 2.24) is 4.90 Å². The minimum Gasteiger partial charge on any atom is -0.404 e. The molecule has 0 unspecified atom stereocenters. The van der Waals surface area contributed by atoms with E-state index in [1.807, 2.05) is 6.07 Å². The number of hydrogen-bond donors (Lipinski definition) is 2. The van der Waals surface area contributed by atoms with Gasteiger partial charge in [0, 0.05) is 57.3 Å². The van der Waals surface area contributed by atoms with Gasteiger partial charge in [-0.15, -0.1) is 0 Å². The molecule has 4 rings (SSSR count). The summed E-state index contributed by atoms with van der Waals surface area (Å²) < 4.78 is 43.9. The summed E-state index contributed by atoms with van der Waals surface area (Å²) in [5, 5.41) is 12.5. The van der Waals surface area contributed by atoms with E-state index in [1.54, 1.807) is 19.1 Å². The number of amides is 1. The van der Waals surface area contributed by atoms with Crippen LogP contribution in [0.2, 0.25) is 0 Å². The van der Waals surface area contributed by atoms with Gasteiger partial charge in [-0.3, -0.25) is 14.7 Å². The number of benzene rings is 2. The number of hydrogen-bond acceptors (Lipinski definition) is 7. The van der Waals surface area contributed by atoms with Crippen LogP contribution in [-0.4, -0.2) is 62.0 Å². The fraction of sp³-hybridized carbons (Fsp3) is 0.393. The average molecular weight is 541 g/mol. The van der Waals surface area contributed by atoms with Crippen LogP contribution in [0.15, 0.2) is 59.2 Å². The molecule has 2 aromatic carbocycles. The number of anilines is 2. The van der Waals surface area contributed by atoms with Crippen LogP contribution >= 0.6 is 0 Å². The van der Waals surface area contributed by atoms with Crippen molar-refractivity contribution in [1.29, 1.82) is 5.26 Å². The summed E-state index contributed by atoms with van der Waals surface area (Å²) in [6, 6.07) is 12.2. The van der Waals surface area contributed by atoms with Crippen molar-refractivity contribution < 1.29 is 22.7 Å². The maximum atomic E-state index is 12.9. The van der Waals surface area contributed by atoms with Gasteiger partial charge in [0.05, 0.1) is 33.8 Å². The summed E-state index contributed by atoms with van der Waals surface area (Å²) in [6.45, 7) is 6.58. The summed E-state index contributed by atoms with van der Waals surface area (Å²) >= 11 is 0. The number of carbonyl (C=O) groups is 1. The first-order chi connectivity index (χ1) is 18.7. The van der Waals surface area contributed by atoms with Crippen molar-refractivity contribution in [3.8, 4) is 6.07 Å².